The lowest BCUT2D eigenvalue weighted by Crippen LogP contribution is -2.31. The first-order valence-corrected chi connectivity index (χ1v) is 11.2. The fraction of sp³-hybridized carbons (Fsp3) is 0.650. The molecule has 2 fully saturated rings. The van der Waals surface area contributed by atoms with Crippen LogP contribution in [0.1, 0.15) is 51.5 Å². The summed E-state index contributed by atoms with van der Waals surface area (Å²) in [6.07, 6.45) is 5.60. The number of carbonyl (C=O) groups is 1. The van der Waals surface area contributed by atoms with E-state index >= 15 is 0 Å². The molecule has 0 aromatic heterocycles. The number of hydrogen-bond donors (Lipinski definition) is 1. The second-order valence-electron chi connectivity index (χ2n) is 7.76. The van der Waals surface area contributed by atoms with Crippen LogP contribution in [0.3, 0.4) is 0 Å². The van der Waals surface area contributed by atoms with Crippen molar-refractivity contribution in [3.05, 3.63) is 23.8 Å². The van der Waals surface area contributed by atoms with Crippen molar-refractivity contribution in [3.8, 4) is 0 Å². The van der Waals surface area contributed by atoms with E-state index in [1.54, 1.807) is 25.1 Å². The molecule has 3 atom stereocenters. The summed E-state index contributed by atoms with van der Waals surface area (Å²) < 4.78 is 27.1. The molecule has 2 aliphatic carbocycles. The standard InChI is InChI=1S/C20H30N2O3S/c1-4-22(5-2)26(24,25)19-13-18(9-6-14(19)3)21-20(23)12-17-11-15-7-8-16(17)10-15/h6,9,13,15-17H,4-5,7-8,10-12H2,1-3H3,(H,21,23). The molecule has 2 saturated carbocycles. The average Bonchev–Trinajstić information content (AvgIpc) is 3.20. The summed E-state index contributed by atoms with van der Waals surface area (Å²) >= 11 is 0. The van der Waals surface area contributed by atoms with Crippen molar-refractivity contribution in [2.75, 3.05) is 18.4 Å². The number of amides is 1. The van der Waals surface area contributed by atoms with Crippen LogP contribution < -0.4 is 5.32 Å². The molecule has 0 radical (unpaired) electrons. The number of benzene rings is 1. The summed E-state index contributed by atoms with van der Waals surface area (Å²) in [5.74, 6) is 2.03. The molecule has 2 aliphatic rings. The summed E-state index contributed by atoms with van der Waals surface area (Å²) in [6.45, 7) is 6.31. The van der Waals surface area contributed by atoms with Crippen LogP contribution >= 0.6 is 0 Å². The molecule has 0 aliphatic heterocycles. The van der Waals surface area contributed by atoms with Gasteiger partial charge in [0.25, 0.3) is 0 Å². The smallest absolute Gasteiger partial charge is 0.243 e. The van der Waals surface area contributed by atoms with Gasteiger partial charge in [0, 0.05) is 25.2 Å². The molecule has 144 valence electrons. The predicted molar refractivity (Wildman–Crippen MR) is 103 cm³/mol. The molecule has 1 amide bonds. The molecular formula is C20H30N2O3S. The first-order valence-electron chi connectivity index (χ1n) is 9.75. The molecule has 0 saturated heterocycles. The van der Waals surface area contributed by atoms with E-state index in [-0.39, 0.29) is 10.8 Å². The lowest BCUT2D eigenvalue weighted by molar-refractivity contribution is -0.117. The molecule has 0 heterocycles. The lowest BCUT2D eigenvalue weighted by Gasteiger charge is -2.22. The van der Waals surface area contributed by atoms with E-state index < -0.39 is 10.0 Å². The maximum atomic E-state index is 12.8. The van der Waals surface area contributed by atoms with Gasteiger partial charge >= 0.3 is 0 Å². The van der Waals surface area contributed by atoms with Gasteiger partial charge in [-0.1, -0.05) is 26.3 Å². The number of sulfonamides is 1. The topological polar surface area (TPSA) is 66.5 Å². The van der Waals surface area contributed by atoms with E-state index in [4.69, 9.17) is 0 Å². The summed E-state index contributed by atoms with van der Waals surface area (Å²) in [6, 6.07) is 5.15. The minimum Gasteiger partial charge on any atom is -0.326 e. The predicted octanol–water partition coefficient (Wildman–Crippen LogP) is 3.79. The zero-order valence-electron chi connectivity index (χ0n) is 16.0. The van der Waals surface area contributed by atoms with Gasteiger partial charge in [0.2, 0.25) is 15.9 Å². The van der Waals surface area contributed by atoms with Crippen LogP contribution in [0.15, 0.2) is 23.1 Å². The molecule has 0 spiro atoms. The molecule has 3 rings (SSSR count). The van der Waals surface area contributed by atoms with Crippen LogP contribution in [0.25, 0.3) is 0 Å². The third-order valence-corrected chi connectivity index (χ3v) is 8.32. The highest BCUT2D eigenvalue weighted by molar-refractivity contribution is 7.89. The van der Waals surface area contributed by atoms with Crippen LogP contribution in [-0.2, 0) is 14.8 Å². The van der Waals surface area contributed by atoms with Gasteiger partial charge in [0.1, 0.15) is 0 Å². The molecule has 2 bridgehead atoms. The van der Waals surface area contributed by atoms with E-state index in [1.165, 1.54) is 30.0 Å². The van der Waals surface area contributed by atoms with Gasteiger partial charge in [-0.05, 0) is 61.6 Å². The number of fused-ring (bicyclic) bond motifs is 2. The Labute approximate surface area is 157 Å². The molecule has 1 aromatic rings. The molecule has 1 aromatic carbocycles. The zero-order valence-corrected chi connectivity index (χ0v) is 16.8. The lowest BCUT2D eigenvalue weighted by atomic mass is 9.86. The molecule has 3 unspecified atom stereocenters. The second kappa shape index (κ2) is 7.69. The molecular weight excluding hydrogens is 348 g/mol. The monoisotopic (exact) mass is 378 g/mol. The van der Waals surface area contributed by atoms with Gasteiger partial charge in [-0.15, -0.1) is 0 Å². The highest BCUT2D eigenvalue weighted by atomic mass is 32.2. The summed E-state index contributed by atoms with van der Waals surface area (Å²) in [7, 11) is -3.54. The van der Waals surface area contributed by atoms with Crippen molar-refractivity contribution in [3.63, 3.8) is 0 Å². The van der Waals surface area contributed by atoms with Crippen molar-refractivity contribution in [1.82, 2.24) is 4.31 Å². The average molecular weight is 379 g/mol. The zero-order chi connectivity index (χ0) is 18.9. The number of anilines is 1. The largest absolute Gasteiger partial charge is 0.326 e. The number of aryl methyl sites for hydroxylation is 1. The quantitative estimate of drug-likeness (QED) is 0.785. The highest BCUT2D eigenvalue weighted by Gasteiger charge is 2.40. The minimum absolute atomic E-state index is 0.00223. The SMILES string of the molecule is CCN(CC)S(=O)(=O)c1cc(NC(=O)CC2CC3CCC2C3)ccc1C. The van der Waals surface area contributed by atoms with E-state index in [2.05, 4.69) is 5.32 Å². The Bertz CT molecular complexity index is 771. The van der Waals surface area contributed by atoms with E-state index in [0.717, 1.165) is 5.92 Å². The van der Waals surface area contributed by atoms with Crippen molar-refractivity contribution in [1.29, 1.82) is 0 Å². The molecule has 6 heteroatoms. The normalized spacial score (nSPS) is 25.0. The van der Waals surface area contributed by atoms with Crippen LogP contribution in [-0.4, -0.2) is 31.7 Å². The number of nitrogens with zero attached hydrogens (tertiary/aromatic N) is 1. The van der Waals surface area contributed by atoms with E-state index in [0.29, 0.717) is 42.6 Å². The Kier molecular flexibility index (Phi) is 5.72. The molecule has 1 N–H and O–H groups in total. The van der Waals surface area contributed by atoms with E-state index in [9.17, 15) is 13.2 Å². The van der Waals surface area contributed by atoms with Crippen LogP contribution in [0.4, 0.5) is 5.69 Å². The Balaban J connectivity index is 1.72. The Morgan fingerprint density at radius 2 is 1.92 bits per heavy atom. The van der Waals surface area contributed by atoms with Crippen molar-refractivity contribution in [2.45, 2.75) is 57.8 Å². The van der Waals surface area contributed by atoms with Crippen LogP contribution in [0.2, 0.25) is 0 Å². The maximum absolute atomic E-state index is 12.8. The summed E-state index contributed by atoms with van der Waals surface area (Å²) in [4.78, 5) is 12.7. The Morgan fingerprint density at radius 3 is 2.50 bits per heavy atom. The highest BCUT2D eigenvalue weighted by Crippen LogP contribution is 2.49. The third kappa shape index (κ3) is 3.81. The second-order valence-corrected chi connectivity index (χ2v) is 9.66. The van der Waals surface area contributed by atoms with Crippen molar-refractivity contribution < 1.29 is 13.2 Å². The van der Waals surface area contributed by atoms with Gasteiger partial charge in [0.05, 0.1) is 4.90 Å². The van der Waals surface area contributed by atoms with E-state index in [1.807, 2.05) is 13.8 Å². The van der Waals surface area contributed by atoms with Gasteiger partial charge in [-0.3, -0.25) is 4.79 Å². The van der Waals surface area contributed by atoms with Crippen molar-refractivity contribution >= 4 is 21.6 Å². The van der Waals surface area contributed by atoms with Gasteiger partial charge in [-0.25, -0.2) is 8.42 Å². The first-order chi connectivity index (χ1) is 12.3. The van der Waals surface area contributed by atoms with Crippen LogP contribution in [0, 0.1) is 24.7 Å². The fourth-order valence-electron chi connectivity index (χ4n) is 4.73. The Hall–Kier alpha value is -1.40. The Morgan fingerprint density at radius 1 is 1.19 bits per heavy atom. The summed E-state index contributed by atoms with van der Waals surface area (Å²) in [5, 5.41) is 2.92. The first kappa shape index (κ1) is 19.4. The number of nitrogens with one attached hydrogen (secondary N) is 1. The minimum atomic E-state index is -3.54. The number of hydrogen-bond acceptors (Lipinski definition) is 3. The summed E-state index contributed by atoms with van der Waals surface area (Å²) in [5.41, 5.74) is 1.26. The molecule has 5 nitrogen and oxygen atoms in total. The van der Waals surface area contributed by atoms with Gasteiger partial charge in [0.15, 0.2) is 0 Å². The van der Waals surface area contributed by atoms with Gasteiger partial charge in [-0.2, -0.15) is 4.31 Å². The molecule has 26 heavy (non-hydrogen) atoms. The van der Waals surface area contributed by atoms with Crippen molar-refractivity contribution in [2.24, 2.45) is 17.8 Å². The van der Waals surface area contributed by atoms with Crippen LogP contribution in [0.5, 0.6) is 0 Å². The van der Waals surface area contributed by atoms with Gasteiger partial charge < -0.3 is 5.32 Å². The maximum Gasteiger partial charge on any atom is 0.243 e. The number of carbonyl (C=O) groups excluding carboxylic acids is 1. The third-order valence-electron chi connectivity index (χ3n) is 6.13. The fourth-order valence-corrected chi connectivity index (χ4v) is 6.44. The number of rotatable bonds is 7.